The average Bonchev–Trinajstić information content (AvgIpc) is 2.34. The quantitative estimate of drug-likeness (QED) is 0.786. The summed E-state index contributed by atoms with van der Waals surface area (Å²) in [5, 5.41) is 0.999. The van der Waals surface area contributed by atoms with Gasteiger partial charge in [0.25, 0.3) is 0 Å². The lowest BCUT2D eigenvalue weighted by molar-refractivity contribution is -0.192. The Labute approximate surface area is 98.0 Å². The number of rotatable bonds is 3. The van der Waals surface area contributed by atoms with E-state index in [1.807, 2.05) is 12.1 Å². The lowest BCUT2D eigenvalue weighted by atomic mass is 10.1. The maximum absolute atomic E-state index is 11.0. The summed E-state index contributed by atoms with van der Waals surface area (Å²) in [5.74, 6) is -2.12. The van der Waals surface area contributed by atoms with Gasteiger partial charge in [-0.15, -0.1) is 5.17 Å². The number of nitrogens with zero attached hydrogens (tertiary/aromatic N) is 1. The van der Waals surface area contributed by atoms with Crippen LogP contribution in [0.25, 0.3) is 0 Å². The number of aryl methyl sites for hydroxylation is 1. The Morgan fingerprint density at radius 3 is 2.47 bits per heavy atom. The van der Waals surface area contributed by atoms with E-state index in [0.29, 0.717) is 5.69 Å². The van der Waals surface area contributed by atoms with E-state index in [9.17, 15) is 9.59 Å². The van der Waals surface area contributed by atoms with Crippen LogP contribution in [-0.4, -0.2) is 11.9 Å². The molecule has 1 aromatic rings. The first-order valence-corrected chi connectivity index (χ1v) is 5.28. The Balaban J connectivity index is 2.07. The lowest BCUT2D eigenvalue weighted by Crippen LogP contribution is -2.49. The Bertz CT molecular complexity index is 430. The van der Waals surface area contributed by atoms with Gasteiger partial charge in [-0.25, -0.2) is 9.59 Å². The Morgan fingerprint density at radius 2 is 1.88 bits per heavy atom. The first-order chi connectivity index (χ1) is 8.20. The molecule has 1 aliphatic rings. The zero-order valence-electron chi connectivity index (χ0n) is 9.30. The molecule has 90 valence electrons. The van der Waals surface area contributed by atoms with Gasteiger partial charge in [-0.05, 0) is 29.7 Å². The molecule has 0 aromatic heterocycles. The second-order valence-corrected chi connectivity index (χ2v) is 3.57. The van der Waals surface area contributed by atoms with Gasteiger partial charge in [0.15, 0.2) is 0 Å². The van der Waals surface area contributed by atoms with Crippen molar-refractivity contribution >= 4 is 17.6 Å². The van der Waals surface area contributed by atoms with Gasteiger partial charge >= 0.3 is 11.9 Å². The lowest BCUT2D eigenvalue weighted by Gasteiger charge is -2.25. The van der Waals surface area contributed by atoms with Crippen LogP contribution < -0.4 is 10.8 Å². The predicted molar refractivity (Wildman–Crippen MR) is 58.2 cm³/mol. The Kier molecular flexibility index (Phi) is 3.24. The van der Waals surface area contributed by atoms with Crippen molar-refractivity contribution in [1.29, 1.82) is 0 Å². The summed E-state index contributed by atoms with van der Waals surface area (Å²) in [6.45, 7) is 2.10. The number of hydrogen-bond acceptors (Lipinski definition) is 6. The van der Waals surface area contributed by atoms with E-state index in [0.717, 1.165) is 18.0 Å². The zero-order valence-corrected chi connectivity index (χ0v) is 9.30. The summed E-state index contributed by atoms with van der Waals surface area (Å²) in [5.41, 5.74) is 3.97. The van der Waals surface area contributed by atoms with Crippen molar-refractivity contribution in [2.24, 2.45) is 0 Å². The van der Waals surface area contributed by atoms with Gasteiger partial charge in [0.1, 0.15) is 0 Å². The number of hydrazine groups is 1. The van der Waals surface area contributed by atoms with Crippen LogP contribution in [-0.2, 0) is 25.7 Å². The van der Waals surface area contributed by atoms with Gasteiger partial charge in [0.05, 0.1) is 5.69 Å². The molecule has 0 atom stereocenters. The first-order valence-electron chi connectivity index (χ1n) is 5.28. The number of benzene rings is 1. The molecule has 1 saturated heterocycles. The minimum absolute atomic E-state index is 0.575. The van der Waals surface area contributed by atoms with Gasteiger partial charge in [0.2, 0.25) is 0 Å². The Hall–Kier alpha value is -2.08. The van der Waals surface area contributed by atoms with Crippen LogP contribution in [0.15, 0.2) is 24.3 Å². The van der Waals surface area contributed by atoms with Crippen molar-refractivity contribution in [3.05, 3.63) is 29.8 Å². The van der Waals surface area contributed by atoms with Crippen LogP contribution in [0.3, 0.4) is 0 Å². The maximum Gasteiger partial charge on any atom is 0.444 e. The van der Waals surface area contributed by atoms with Crippen LogP contribution in [0.2, 0.25) is 0 Å². The van der Waals surface area contributed by atoms with Crippen molar-refractivity contribution in [1.82, 2.24) is 5.59 Å². The molecular weight excluding hydrogens is 224 g/mol. The largest absolute Gasteiger partial charge is 0.444 e. The minimum Gasteiger partial charge on any atom is -0.338 e. The normalized spacial score (nSPS) is 15.5. The maximum atomic E-state index is 11.0. The van der Waals surface area contributed by atoms with Crippen LogP contribution in [0.1, 0.15) is 18.9 Å². The van der Waals surface area contributed by atoms with Crippen LogP contribution >= 0.6 is 0 Å². The van der Waals surface area contributed by atoms with Gasteiger partial charge < -0.3 is 9.68 Å². The third-order valence-corrected chi connectivity index (χ3v) is 2.27. The monoisotopic (exact) mass is 236 g/mol. The molecule has 17 heavy (non-hydrogen) atoms. The molecule has 2 rings (SSSR count). The molecule has 0 radical (unpaired) electrons. The summed E-state index contributed by atoms with van der Waals surface area (Å²) in [4.78, 5) is 30.8. The van der Waals surface area contributed by atoms with E-state index in [1.54, 1.807) is 12.1 Å². The molecule has 0 bridgehead atoms. The molecule has 1 aromatic carbocycles. The number of anilines is 1. The first kappa shape index (κ1) is 11.4. The summed E-state index contributed by atoms with van der Waals surface area (Å²) in [6, 6.07) is 7.38. The fourth-order valence-electron chi connectivity index (χ4n) is 1.46. The predicted octanol–water partition coefficient (Wildman–Crippen LogP) is 0.880. The SMILES string of the molecule is CCCc1ccc(N2NOC(=O)C(=O)O2)cc1. The average molecular weight is 236 g/mol. The van der Waals surface area contributed by atoms with E-state index in [2.05, 4.69) is 17.4 Å². The van der Waals surface area contributed by atoms with E-state index in [-0.39, 0.29) is 0 Å². The molecule has 1 N–H and O–H groups in total. The molecule has 1 heterocycles. The molecule has 1 fully saturated rings. The summed E-state index contributed by atoms with van der Waals surface area (Å²) < 4.78 is 0. The fraction of sp³-hybridized carbons (Fsp3) is 0.273. The van der Waals surface area contributed by atoms with E-state index in [1.165, 1.54) is 5.56 Å². The molecule has 6 heteroatoms. The summed E-state index contributed by atoms with van der Waals surface area (Å²) >= 11 is 0. The second kappa shape index (κ2) is 4.84. The highest BCUT2D eigenvalue weighted by Crippen LogP contribution is 2.16. The number of carbonyl (C=O) groups excluding carboxylic acids is 2. The molecule has 0 unspecified atom stereocenters. The summed E-state index contributed by atoms with van der Waals surface area (Å²) in [6.07, 6.45) is 2.05. The molecule has 0 spiro atoms. The van der Waals surface area contributed by atoms with Crippen LogP contribution in [0.5, 0.6) is 0 Å². The number of carbonyl (C=O) groups is 2. The number of hydrogen-bond donors (Lipinski definition) is 1. The molecule has 0 amide bonds. The van der Waals surface area contributed by atoms with Gasteiger partial charge in [-0.2, -0.15) is 0 Å². The van der Waals surface area contributed by atoms with E-state index in [4.69, 9.17) is 4.84 Å². The molecular formula is C11H12N2O4. The highest BCUT2D eigenvalue weighted by molar-refractivity contribution is 6.30. The van der Waals surface area contributed by atoms with Crippen molar-refractivity contribution in [3.63, 3.8) is 0 Å². The van der Waals surface area contributed by atoms with Crippen molar-refractivity contribution in [3.8, 4) is 0 Å². The third-order valence-electron chi connectivity index (χ3n) is 2.27. The third kappa shape index (κ3) is 2.54. The highest BCUT2D eigenvalue weighted by Gasteiger charge is 2.29. The van der Waals surface area contributed by atoms with Crippen molar-refractivity contribution in [2.75, 3.05) is 5.17 Å². The highest BCUT2D eigenvalue weighted by atomic mass is 16.9. The number of nitrogens with one attached hydrogen (secondary N) is 1. The van der Waals surface area contributed by atoms with E-state index < -0.39 is 11.9 Å². The van der Waals surface area contributed by atoms with E-state index >= 15 is 0 Å². The standard InChI is InChI=1S/C11H12N2O4/c1-2-3-8-4-6-9(7-5-8)13-12-16-10(14)11(15)17-13/h4-7,12H,2-3H2,1H3. The van der Waals surface area contributed by atoms with Gasteiger partial charge in [-0.3, -0.25) is 0 Å². The molecule has 0 saturated carbocycles. The molecule has 6 nitrogen and oxygen atoms in total. The van der Waals surface area contributed by atoms with Gasteiger partial charge in [0, 0.05) is 0 Å². The minimum atomic E-state index is -1.07. The van der Waals surface area contributed by atoms with Crippen molar-refractivity contribution < 1.29 is 19.3 Å². The topological polar surface area (TPSA) is 67.9 Å². The second-order valence-electron chi connectivity index (χ2n) is 3.57. The molecule has 1 aliphatic heterocycles. The zero-order chi connectivity index (χ0) is 12.3. The Morgan fingerprint density at radius 1 is 1.18 bits per heavy atom. The van der Waals surface area contributed by atoms with Gasteiger partial charge in [-0.1, -0.05) is 25.5 Å². The smallest absolute Gasteiger partial charge is 0.338 e. The summed E-state index contributed by atoms with van der Waals surface area (Å²) in [7, 11) is 0. The van der Waals surface area contributed by atoms with Crippen LogP contribution in [0.4, 0.5) is 5.69 Å². The molecule has 0 aliphatic carbocycles. The fourth-order valence-corrected chi connectivity index (χ4v) is 1.46. The van der Waals surface area contributed by atoms with Crippen molar-refractivity contribution in [2.45, 2.75) is 19.8 Å². The van der Waals surface area contributed by atoms with Crippen LogP contribution in [0, 0.1) is 0 Å².